The van der Waals surface area contributed by atoms with E-state index in [2.05, 4.69) is 15.3 Å². The van der Waals surface area contributed by atoms with Crippen molar-refractivity contribution in [1.82, 2.24) is 9.97 Å². The number of hydrogen-bond donors (Lipinski definition) is 2. The zero-order chi connectivity index (χ0) is 13.1. The van der Waals surface area contributed by atoms with Crippen LogP contribution in [0.4, 0.5) is 17.6 Å². The molecule has 0 amide bonds. The zero-order valence-corrected chi connectivity index (χ0v) is 10.8. The van der Waals surface area contributed by atoms with Gasteiger partial charge >= 0.3 is 5.82 Å². The molecule has 1 aliphatic carbocycles. The fourth-order valence-electron chi connectivity index (χ4n) is 2.24. The molecule has 1 saturated carbocycles. The molecule has 0 saturated heterocycles. The normalized spacial score (nSPS) is 16.6. The molecular formula is C11H19N5O2. The van der Waals surface area contributed by atoms with Gasteiger partial charge in [-0.2, -0.15) is 4.98 Å². The van der Waals surface area contributed by atoms with Crippen molar-refractivity contribution in [2.75, 3.05) is 24.3 Å². The minimum atomic E-state index is -0.425. The monoisotopic (exact) mass is 253 g/mol. The Labute approximate surface area is 106 Å². The predicted octanol–water partition coefficient (Wildman–Crippen LogP) is 2.13. The van der Waals surface area contributed by atoms with Crippen molar-refractivity contribution in [3.63, 3.8) is 0 Å². The summed E-state index contributed by atoms with van der Waals surface area (Å²) in [6.45, 7) is 0. The molecule has 1 heterocycles. The molecule has 1 aliphatic rings. The molecule has 7 heteroatoms. The van der Waals surface area contributed by atoms with Crippen molar-refractivity contribution in [1.29, 1.82) is 0 Å². The van der Waals surface area contributed by atoms with E-state index in [9.17, 15) is 10.1 Å². The summed E-state index contributed by atoms with van der Waals surface area (Å²) in [6.07, 6.45) is 5.72. The third kappa shape index (κ3) is 2.72. The highest BCUT2D eigenvalue weighted by atomic mass is 16.6. The predicted molar refractivity (Wildman–Crippen MR) is 70.1 cm³/mol. The number of anilines is 2. The average molecular weight is 253 g/mol. The number of imidazole rings is 1. The number of nitro groups is 1. The SMILES string of the molecule is CN(C)c1nc(NC2CCCCC2)c([N+](=O)[O-])[nH]1. The third-order valence-corrected chi connectivity index (χ3v) is 3.22. The standard InChI is InChI=1S/C11H19N5O2/c1-15(2)11-13-9(10(14-11)16(17)18)12-8-6-4-3-5-7-8/h8,12H,3-7H2,1-2H3,(H,13,14). The van der Waals surface area contributed by atoms with Gasteiger partial charge in [0.05, 0.1) is 0 Å². The molecule has 0 atom stereocenters. The van der Waals surface area contributed by atoms with E-state index < -0.39 is 4.92 Å². The van der Waals surface area contributed by atoms with E-state index >= 15 is 0 Å². The molecule has 1 aromatic heterocycles. The largest absolute Gasteiger partial charge is 0.366 e. The molecule has 100 valence electrons. The van der Waals surface area contributed by atoms with E-state index in [1.54, 1.807) is 19.0 Å². The topological polar surface area (TPSA) is 87.1 Å². The molecule has 1 fully saturated rings. The summed E-state index contributed by atoms with van der Waals surface area (Å²) >= 11 is 0. The van der Waals surface area contributed by atoms with Gasteiger partial charge in [0.25, 0.3) is 5.95 Å². The molecule has 0 unspecified atom stereocenters. The first-order chi connectivity index (χ1) is 8.58. The molecule has 0 spiro atoms. The third-order valence-electron chi connectivity index (χ3n) is 3.22. The maximum absolute atomic E-state index is 11.0. The van der Waals surface area contributed by atoms with E-state index in [0.717, 1.165) is 12.8 Å². The summed E-state index contributed by atoms with van der Waals surface area (Å²) in [7, 11) is 3.60. The van der Waals surface area contributed by atoms with Crippen LogP contribution in [0.25, 0.3) is 0 Å². The summed E-state index contributed by atoms with van der Waals surface area (Å²) in [6, 6.07) is 0.302. The number of nitrogens with zero attached hydrogens (tertiary/aromatic N) is 3. The molecule has 0 radical (unpaired) electrons. The summed E-state index contributed by atoms with van der Waals surface area (Å²) in [5.41, 5.74) is 0. The van der Waals surface area contributed by atoms with Crippen molar-refractivity contribution in [3.8, 4) is 0 Å². The summed E-state index contributed by atoms with van der Waals surface area (Å²) in [5.74, 6) is 0.805. The Bertz CT molecular complexity index is 423. The van der Waals surface area contributed by atoms with Crippen LogP contribution in [0, 0.1) is 10.1 Å². The lowest BCUT2D eigenvalue weighted by atomic mass is 9.95. The van der Waals surface area contributed by atoms with Crippen LogP contribution in [0.15, 0.2) is 0 Å². The first-order valence-electron chi connectivity index (χ1n) is 6.26. The number of aromatic nitrogens is 2. The van der Waals surface area contributed by atoms with Crippen LogP contribution in [-0.4, -0.2) is 35.0 Å². The highest BCUT2D eigenvalue weighted by molar-refractivity contribution is 5.57. The fourth-order valence-corrected chi connectivity index (χ4v) is 2.24. The minimum Gasteiger partial charge on any atom is -0.360 e. The van der Waals surface area contributed by atoms with Crippen LogP contribution in [0.3, 0.4) is 0 Å². The Balaban J connectivity index is 2.16. The van der Waals surface area contributed by atoms with Gasteiger partial charge in [-0.15, -0.1) is 0 Å². The van der Waals surface area contributed by atoms with Gasteiger partial charge in [-0.1, -0.05) is 19.3 Å². The molecule has 1 aromatic rings. The quantitative estimate of drug-likeness (QED) is 0.634. The lowest BCUT2D eigenvalue weighted by Crippen LogP contribution is -2.23. The Morgan fingerprint density at radius 2 is 2.06 bits per heavy atom. The highest BCUT2D eigenvalue weighted by Gasteiger charge is 2.24. The molecule has 2 N–H and O–H groups in total. The number of nitrogens with one attached hydrogen (secondary N) is 2. The lowest BCUT2D eigenvalue weighted by Gasteiger charge is -2.22. The Kier molecular flexibility index (Phi) is 3.69. The van der Waals surface area contributed by atoms with Gasteiger partial charge in [0.1, 0.15) is 0 Å². The van der Waals surface area contributed by atoms with E-state index in [1.165, 1.54) is 19.3 Å². The number of aromatic amines is 1. The summed E-state index contributed by atoms with van der Waals surface area (Å²) in [4.78, 5) is 19.2. The van der Waals surface area contributed by atoms with Crippen molar-refractivity contribution in [3.05, 3.63) is 10.1 Å². The fraction of sp³-hybridized carbons (Fsp3) is 0.727. The second-order valence-electron chi connectivity index (χ2n) is 4.89. The molecule has 0 aromatic carbocycles. The first-order valence-corrected chi connectivity index (χ1v) is 6.26. The second-order valence-corrected chi connectivity index (χ2v) is 4.89. The smallest absolute Gasteiger partial charge is 0.360 e. The van der Waals surface area contributed by atoms with Crippen LogP contribution in [0.2, 0.25) is 0 Å². The van der Waals surface area contributed by atoms with Crippen LogP contribution < -0.4 is 10.2 Å². The van der Waals surface area contributed by atoms with Crippen LogP contribution >= 0.6 is 0 Å². The van der Waals surface area contributed by atoms with Crippen molar-refractivity contribution in [2.45, 2.75) is 38.1 Å². The molecular weight excluding hydrogens is 234 g/mol. The maximum Gasteiger partial charge on any atom is 0.366 e. The molecule has 0 aliphatic heterocycles. The van der Waals surface area contributed by atoms with Gasteiger partial charge < -0.3 is 20.3 Å². The maximum atomic E-state index is 11.0. The Hall–Kier alpha value is -1.79. The Morgan fingerprint density at radius 3 is 2.61 bits per heavy atom. The van der Waals surface area contributed by atoms with E-state index in [4.69, 9.17) is 0 Å². The van der Waals surface area contributed by atoms with Crippen molar-refractivity contribution in [2.24, 2.45) is 0 Å². The summed E-state index contributed by atoms with van der Waals surface area (Å²) < 4.78 is 0. The van der Waals surface area contributed by atoms with Crippen LogP contribution in [0.1, 0.15) is 32.1 Å². The lowest BCUT2D eigenvalue weighted by molar-refractivity contribution is -0.388. The van der Waals surface area contributed by atoms with Crippen LogP contribution in [0.5, 0.6) is 0 Å². The average Bonchev–Trinajstić information content (AvgIpc) is 2.74. The van der Waals surface area contributed by atoms with Gasteiger partial charge in [-0.25, -0.2) is 4.98 Å². The van der Waals surface area contributed by atoms with Crippen molar-refractivity contribution >= 4 is 17.6 Å². The molecule has 7 nitrogen and oxygen atoms in total. The second kappa shape index (κ2) is 5.24. The van der Waals surface area contributed by atoms with Gasteiger partial charge in [0, 0.05) is 20.1 Å². The van der Waals surface area contributed by atoms with E-state index in [-0.39, 0.29) is 5.82 Å². The van der Waals surface area contributed by atoms with Gasteiger partial charge in [-0.05, 0) is 17.8 Å². The van der Waals surface area contributed by atoms with Crippen LogP contribution in [-0.2, 0) is 0 Å². The van der Waals surface area contributed by atoms with E-state index in [0.29, 0.717) is 17.8 Å². The Morgan fingerprint density at radius 1 is 1.39 bits per heavy atom. The number of hydrogen-bond acceptors (Lipinski definition) is 5. The minimum absolute atomic E-state index is 0.0516. The number of H-pyrrole nitrogens is 1. The molecule has 18 heavy (non-hydrogen) atoms. The molecule has 0 bridgehead atoms. The van der Waals surface area contributed by atoms with Gasteiger partial charge in [0.2, 0.25) is 5.82 Å². The first kappa shape index (κ1) is 12.7. The van der Waals surface area contributed by atoms with Gasteiger partial charge in [-0.3, -0.25) is 0 Å². The van der Waals surface area contributed by atoms with Gasteiger partial charge in [0.15, 0.2) is 0 Å². The number of rotatable bonds is 4. The highest BCUT2D eigenvalue weighted by Crippen LogP contribution is 2.28. The molecule has 2 rings (SSSR count). The van der Waals surface area contributed by atoms with Crippen molar-refractivity contribution < 1.29 is 4.92 Å². The van der Waals surface area contributed by atoms with E-state index in [1.807, 2.05) is 0 Å². The zero-order valence-electron chi connectivity index (χ0n) is 10.8. The summed E-state index contributed by atoms with van der Waals surface area (Å²) in [5, 5.41) is 14.2.